The van der Waals surface area contributed by atoms with Gasteiger partial charge >= 0.3 is 0 Å². The largest absolute Gasteiger partial charge is 0.496 e. The Kier molecular flexibility index (Phi) is 15.2. The number of aliphatic hydroxyl groups excluding tert-OH is 3. The Bertz CT molecular complexity index is 1940. The first kappa shape index (κ1) is 46.5. The van der Waals surface area contributed by atoms with Crippen molar-refractivity contribution in [2.24, 2.45) is 29.1 Å². The van der Waals surface area contributed by atoms with Crippen LogP contribution >= 0.6 is 0 Å². The van der Waals surface area contributed by atoms with E-state index < -0.39 is 24.2 Å². The molecule has 2 heterocycles. The molecular formula is C49H71N5O7. The van der Waals surface area contributed by atoms with Gasteiger partial charge in [0.05, 0.1) is 39.0 Å². The number of likely N-dealkylation sites (N-methyl/N-ethyl adjacent to an activating group) is 1. The highest BCUT2D eigenvalue weighted by molar-refractivity contribution is 5.97. The molecule has 0 unspecified atom stereocenters. The molecule has 2 amide bonds. The average Bonchev–Trinajstić information content (AvgIpc) is 3.87. The number of para-hydroxylation sites is 1. The molecule has 0 radical (unpaired) electrons. The molecule has 0 aromatic heterocycles. The lowest BCUT2D eigenvalue weighted by molar-refractivity contribution is -0.182. The second-order valence-electron chi connectivity index (χ2n) is 18.9. The number of benzene rings is 3. The van der Waals surface area contributed by atoms with Gasteiger partial charge in [0.1, 0.15) is 17.9 Å². The second kappa shape index (κ2) is 20.0. The van der Waals surface area contributed by atoms with Gasteiger partial charge in [0, 0.05) is 53.5 Å². The van der Waals surface area contributed by atoms with E-state index in [1.54, 1.807) is 19.1 Å². The third kappa shape index (κ3) is 10.3. The number of hydrogen-bond acceptors (Lipinski definition) is 10. The Morgan fingerprint density at radius 2 is 1.75 bits per heavy atom. The number of carbonyl (C=O) groups excluding carboxylic acids is 2. The molecule has 3 aromatic carbocycles. The van der Waals surface area contributed by atoms with Gasteiger partial charge in [-0.1, -0.05) is 83.1 Å². The molecule has 2 saturated heterocycles. The van der Waals surface area contributed by atoms with Crippen molar-refractivity contribution in [3.05, 3.63) is 83.4 Å². The van der Waals surface area contributed by atoms with Crippen LogP contribution < -0.4 is 20.3 Å². The number of rotatable bonds is 16. The molecule has 334 valence electrons. The van der Waals surface area contributed by atoms with Gasteiger partial charge in [0.2, 0.25) is 5.91 Å². The van der Waals surface area contributed by atoms with Crippen LogP contribution in [0.3, 0.4) is 0 Å². The quantitative estimate of drug-likeness (QED) is 0.125. The summed E-state index contributed by atoms with van der Waals surface area (Å²) >= 11 is 0. The van der Waals surface area contributed by atoms with Crippen molar-refractivity contribution in [1.29, 1.82) is 0 Å². The minimum Gasteiger partial charge on any atom is -0.496 e. The molecule has 12 heteroatoms. The lowest BCUT2D eigenvalue weighted by Crippen LogP contribution is -2.56. The Hall–Kier alpha value is -4.04. The summed E-state index contributed by atoms with van der Waals surface area (Å²) in [5, 5.41) is 40.2. The van der Waals surface area contributed by atoms with E-state index in [2.05, 4.69) is 73.3 Å². The fraction of sp³-hybridized carbons (Fsp3) is 0.592. The van der Waals surface area contributed by atoms with E-state index in [9.17, 15) is 24.9 Å². The van der Waals surface area contributed by atoms with Crippen LogP contribution in [0.4, 0.5) is 5.69 Å². The maximum absolute atomic E-state index is 14.5. The molecule has 3 fully saturated rings. The molecule has 1 saturated carbocycles. The lowest BCUT2D eigenvalue weighted by Gasteiger charge is -2.50. The number of nitrogens with zero attached hydrogens (tertiary/aromatic N) is 3. The van der Waals surface area contributed by atoms with E-state index in [-0.39, 0.29) is 61.0 Å². The van der Waals surface area contributed by atoms with Gasteiger partial charge < -0.3 is 40.5 Å². The fourth-order valence-electron chi connectivity index (χ4n) is 10.3. The van der Waals surface area contributed by atoms with Crippen LogP contribution in [0, 0.1) is 29.1 Å². The summed E-state index contributed by atoms with van der Waals surface area (Å²) in [5.41, 5.74) is 4.85. The molecule has 0 spiro atoms. The molecule has 61 heavy (non-hydrogen) atoms. The van der Waals surface area contributed by atoms with Crippen LogP contribution in [0.2, 0.25) is 0 Å². The number of aliphatic hydroxyl groups is 3. The van der Waals surface area contributed by atoms with Crippen molar-refractivity contribution in [3.63, 3.8) is 0 Å². The Morgan fingerprint density at radius 3 is 2.41 bits per heavy atom. The number of nitrogens with one attached hydrogen (secondary N) is 2. The van der Waals surface area contributed by atoms with Crippen molar-refractivity contribution in [2.45, 2.75) is 110 Å². The molecule has 1 aliphatic carbocycles. The van der Waals surface area contributed by atoms with Crippen LogP contribution in [0.25, 0.3) is 11.1 Å². The zero-order valence-corrected chi connectivity index (χ0v) is 37.8. The van der Waals surface area contributed by atoms with Gasteiger partial charge in [-0.3, -0.25) is 14.4 Å². The number of amides is 2. The third-order valence-electron chi connectivity index (χ3n) is 14.5. The predicted molar refractivity (Wildman–Crippen MR) is 240 cm³/mol. The normalized spacial score (nSPS) is 27.5. The number of hydrogen-bond donors (Lipinski definition) is 5. The maximum atomic E-state index is 14.5. The first-order valence-electron chi connectivity index (χ1n) is 22.3. The van der Waals surface area contributed by atoms with Gasteiger partial charge in [-0.2, -0.15) is 5.06 Å². The summed E-state index contributed by atoms with van der Waals surface area (Å²) in [4.78, 5) is 39.4. The molecule has 3 aliphatic rings. The standard InChI is InChI=1S/C49H71N5O7/c1-30-21-42(31(2)32(3)49(30,5)6)51-48(59)45-44(33(4)57)43(29-56)61-54(45)26-35-17-13-19-41(46(35)60-9)36-23-37(25-40(24-36)53-20-14-18-39(53)28-55)47(58)50-38(27-52(7)8)22-34-15-11-10-12-16-34/h10-13,15-17,19,23-25,30-33,38-39,42-45,55-57H,14,18,20-22,26-29H2,1-9H3,(H,50,58)(H,51,59)/t30-,31+,32+,33+,38+,39-,42+,43+,44-,45+/m1/s1. The van der Waals surface area contributed by atoms with E-state index in [1.807, 2.05) is 62.6 Å². The number of ether oxygens (including phenoxy) is 1. The smallest absolute Gasteiger partial charge is 0.251 e. The highest BCUT2D eigenvalue weighted by atomic mass is 16.7. The molecule has 2 aliphatic heterocycles. The van der Waals surface area contributed by atoms with Gasteiger partial charge in [-0.05, 0) is 99.2 Å². The zero-order chi connectivity index (χ0) is 44.2. The molecule has 12 nitrogen and oxygen atoms in total. The summed E-state index contributed by atoms with van der Waals surface area (Å²) < 4.78 is 6.18. The Morgan fingerprint density at radius 1 is 1.02 bits per heavy atom. The number of anilines is 1. The molecule has 6 rings (SSSR count). The lowest BCUT2D eigenvalue weighted by atomic mass is 9.58. The summed E-state index contributed by atoms with van der Waals surface area (Å²) in [6.45, 7) is 14.2. The van der Waals surface area contributed by atoms with Crippen LogP contribution in [0.1, 0.15) is 82.3 Å². The molecule has 5 N–H and O–H groups in total. The molecule has 3 aromatic rings. The van der Waals surface area contributed by atoms with Crippen LogP contribution in [0.5, 0.6) is 5.75 Å². The van der Waals surface area contributed by atoms with Crippen molar-refractivity contribution in [1.82, 2.24) is 20.6 Å². The first-order valence-corrected chi connectivity index (χ1v) is 22.3. The van der Waals surface area contributed by atoms with Crippen LogP contribution in [0.15, 0.2) is 66.7 Å². The van der Waals surface area contributed by atoms with Gasteiger partial charge in [-0.15, -0.1) is 0 Å². The molecule has 0 bridgehead atoms. The van der Waals surface area contributed by atoms with Crippen molar-refractivity contribution in [3.8, 4) is 16.9 Å². The van der Waals surface area contributed by atoms with Crippen LogP contribution in [-0.2, 0) is 22.6 Å². The summed E-state index contributed by atoms with van der Waals surface area (Å²) in [5.74, 6) is 0.444. The molecule has 10 atom stereocenters. The van der Waals surface area contributed by atoms with E-state index in [1.165, 1.54) is 0 Å². The van der Waals surface area contributed by atoms with Crippen molar-refractivity contribution >= 4 is 17.5 Å². The van der Waals surface area contributed by atoms with Gasteiger partial charge in [-0.25, -0.2) is 0 Å². The summed E-state index contributed by atoms with van der Waals surface area (Å²) in [6.07, 6.45) is 1.58. The topological polar surface area (TPSA) is 147 Å². The third-order valence-corrected chi connectivity index (χ3v) is 14.5. The number of methoxy groups -OCH3 is 1. The second-order valence-corrected chi connectivity index (χ2v) is 18.9. The number of hydroxylamine groups is 2. The van der Waals surface area contributed by atoms with Gasteiger partial charge in [0.25, 0.3) is 5.91 Å². The van der Waals surface area contributed by atoms with Crippen molar-refractivity contribution < 1.29 is 34.5 Å². The predicted octanol–water partition coefficient (Wildman–Crippen LogP) is 5.52. The zero-order valence-electron chi connectivity index (χ0n) is 37.8. The average molecular weight is 842 g/mol. The first-order chi connectivity index (χ1) is 29.1. The number of carbonyl (C=O) groups is 2. The SMILES string of the molecule is COc1c(CN2O[C@@H](CO)[C@@H]([C@H](C)O)[C@H]2C(=O)N[C@H]2C[C@@H](C)C(C)(C)[C@@H](C)[C@@H]2C)cccc1-c1cc(C(=O)N[C@@H](Cc2ccccc2)CN(C)C)cc(N2CCC[C@@H]2CO)c1. The summed E-state index contributed by atoms with van der Waals surface area (Å²) in [7, 11) is 5.61. The maximum Gasteiger partial charge on any atom is 0.251 e. The fourth-order valence-corrected chi connectivity index (χ4v) is 10.3. The van der Waals surface area contributed by atoms with E-state index >= 15 is 0 Å². The molecular weight excluding hydrogens is 771 g/mol. The highest BCUT2D eigenvalue weighted by Crippen LogP contribution is 2.48. The van der Waals surface area contributed by atoms with E-state index in [0.29, 0.717) is 36.1 Å². The minimum absolute atomic E-state index is 0.00904. The Labute approximate surface area is 363 Å². The summed E-state index contributed by atoms with van der Waals surface area (Å²) in [6, 6.07) is 20.7. The highest BCUT2D eigenvalue weighted by Gasteiger charge is 2.51. The van der Waals surface area contributed by atoms with E-state index in [4.69, 9.17) is 9.57 Å². The van der Waals surface area contributed by atoms with Crippen LogP contribution in [-0.4, -0.2) is 121 Å². The van der Waals surface area contributed by atoms with Gasteiger partial charge in [0.15, 0.2) is 0 Å². The minimum atomic E-state index is -0.933. The van der Waals surface area contributed by atoms with Crippen molar-refractivity contribution in [2.75, 3.05) is 52.4 Å². The Balaban J connectivity index is 1.34. The van der Waals surface area contributed by atoms with E-state index in [0.717, 1.165) is 53.7 Å². The monoisotopic (exact) mass is 842 g/mol.